The molecule has 114 valence electrons. The maximum Gasteiger partial charge on any atom is 0.251 e. The maximum absolute atomic E-state index is 12.6. The van der Waals surface area contributed by atoms with Gasteiger partial charge in [-0.3, -0.25) is 9.78 Å². The minimum Gasteiger partial charge on any atom is -0.390 e. The number of nitrogens with one attached hydrogen (secondary N) is 1. The van der Waals surface area contributed by atoms with Gasteiger partial charge in [0, 0.05) is 23.6 Å². The second kappa shape index (κ2) is 5.48. The Morgan fingerprint density at radius 1 is 1.13 bits per heavy atom. The van der Waals surface area contributed by atoms with Crippen LogP contribution in [0.5, 0.6) is 0 Å². The van der Waals surface area contributed by atoms with Gasteiger partial charge in [0.25, 0.3) is 5.91 Å². The number of benzene rings is 2. The van der Waals surface area contributed by atoms with E-state index in [1.165, 1.54) is 0 Å². The van der Waals surface area contributed by atoms with Crippen LogP contribution < -0.4 is 5.32 Å². The number of hydrogen-bond donors (Lipinski definition) is 2. The number of aliphatic hydroxyl groups is 1. The van der Waals surface area contributed by atoms with E-state index in [-0.39, 0.29) is 11.9 Å². The predicted octanol–water partition coefficient (Wildman–Crippen LogP) is 2.62. The second-order valence-electron chi connectivity index (χ2n) is 5.83. The number of aromatic nitrogens is 1. The Kier molecular flexibility index (Phi) is 3.32. The number of pyridine rings is 1. The SMILES string of the molecule is O=C(N[C@H]1c2ccccc2C[C@H]1O)c1ccc2ncccc2c1. The molecule has 4 rings (SSSR count). The van der Waals surface area contributed by atoms with Crippen LogP contribution in [0.3, 0.4) is 0 Å². The van der Waals surface area contributed by atoms with Gasteiger partial charge in [-0.05, 0) is 35.4 Å². The van der Waals surface area contributed by atoms with E-state index in [9.17, 15) is 9.90 Å². The van der Waals surface area contributed by atoms with Gasteiger partial charge in [0.1, 0.15) is 0 Å². The molecule has 2 atom stereocenters. The lowest BCUT2D eigenvalue weighted by Gasteiger charge is -2.18. The molecule has 1 heterocycles. The van der Waals surface area contributed by atoms with Crippen molar-refractivity contribution in [2.45, 2.75) is 18.6 Å². The third-order valence-corrected chi connectivity index (χ3v) is 4.36. The smallest absolute Gasteiger partial charge is 0.251 e. The summed E-state index contributed by atoms with van der Waals surface area (Å²) >= 11 is 0. The van der Waals surface area contributed by atoms with Gasteiger partial charge in [0.2, 0.25) is 0 Å². The number of rotatable bonds is 2. The van der Waals surface area contributed by atoms with Gasteiger partial charge >= 0.3 is 0 Å². The van der Waals surface area contributed by atoms with E-state index in [4.69, 9.17) is 0 Å². The lowest BCUT2D eigenvalue weighted by Crippen LogP contribution is -2.33. The molecule has 2 N–H and O–H groups in total. The lowest BCUT2D eigenvalue weighted by atomic mass is 10.1. The molecule has 0 saturated heterocycles. The summed E-state index contributed by atoms with van der Waals surface area (Å²) < 4.78 is 0. The topological polar surface area (TPSA) is 62.2 Å². The first-order valence-corrected chi connectivity index (χ1v) is 7.64. The van der Waals surface area contributed by atoms with Gasteiger partial charge in [0.05, 0.1) is 17.7 Å². The number of amides is 1. The van der Waals surface area contributed by atoms with Gasteiger partial charge in [-0.25, -0.2) is 0 Å². The van der Waals surface area contributed by atoms with E-state index >= 15 is 0 Å². The average molecular weight is 304 g/mol. The first-order chi connectivity index (χ1) is 11.2. The van der Waals surface area contributed by atoms with Crippen LogP contribution in [0.2, 0.25) is 0 Å². The largest absolute Gasteiger partial charge is 0.390 e. The third kappa shape index (κ3) is 2.47. The molecule has 1 amide bonds. The van der Waals surface area contributed by atoms with E-state index in [1.54, 1.807) is 12.3 Å². The van der Waals surface area contributed by atoms with E-state index in [1.807, 2.05) is 48.5 Å². The highest BCUT2D eigenvalue weighted by Gasteiger charge is 2.32. The quantitative estimate of drug-likeness (QED) is 0.765. The Bertz CT molecular complexity index is 891. The number of aliphatic hydroxyl groups excluding tert-OH is 1. The molecule has 0 unspecified atom stereocenters. The molecule has 0 aliphatic heterocycles. The number of fused-ring (bicyclic) bond motifs is 2. The summed E-state index contributed by atoms with van der Waals surface area (Å²) in [6.45, 7) is 0. The van der Waals surface area contributed by atoms with Crippen LogP contribution in [0.15, 0.2) is 60.8 Å². The van der Waals surface area contributed by atoms with Crippen LogP contribution in [-0.4, -0.2) is 22.1 Å². The molecule has 23 heavy (non-hydrogen) atoms. The van der Waals surface area contributed by atoms with Crippen molar-refractivity contribution in [1.82, 2.24) is 10.3 Å². The molecule has 4 heteroatoms. The molecule has 1 aromatic heterocycles. The summed E-state index contributed by atoms with van der Waals surface area (Å²) in [5, 5.41) is 14.1. The molecule has 0 saturated carbocycles. The zero-order valence-electron chi connectivity index (χ0n) is 12.4. The summed E-state index contributed by atoms with van der Waals surface area (Å²) in [5.74, 6) is -0.184. The maximum atomic E-state index is 12.6. The molecular formula is C19H16N2O2. The van der Waals surface area contributed by atoms with Crippen LogP contribution in [0.1, 0.15) is 27.5 Å². The summed E-state index contributed by atoms with van der Waals surface area (Å²) in [5.41, 5.74) is 3.51. The minimum atomic E-state index is -0.585. The van der Waals surface area contributed by atoms with Gasteiger partial charge < -0.3 is 10.4 Å². The van der Waals surface area contributed by atoms with E-state index in [2.05, 4.69) is 10.3 Å². The summed E-state index contributed by atoms with van der Waals surface area (Å²) in [4.78, 5) is 16.8. The highest BCUT2D eigenvalue weighted by atomic mass is 16.3. The highest BCUT2D eigenvalue weighted by Crippen LogP contribution is 2.31. The van der Waals surface area contributed by atoms with Crippen LogP contribution in [0, 0.1) is 0 Å². The van der Waals surface area contributed by atoms with E-state index in [0.717, 1.165) is 22.0 Å². The van der Waals surface area contributed by atoms with Crippen molar-refractivity contribution < 1.29 is 9.90 Å². The van der Waals surface area contributed by atoms with E-state index < -0.39 is 6.10 Å². The fourth-order valence-corrected chi connectivity index (χ4v) is 3.19. The normalized spacial score (nSPS) is 19.5. The Balaban J connectivity index is 1.62. The van der Waals surface area contributed by atoms with Crippen molar-refractivity contribution in [3.8, 4) is 0 Å². The third-order valence-electron chi connectivity index (χ3n) is 4.36. The number of nitrogens with zero attached hydrogens (tertiary/aromatic N) is 1. The minimum absolute atomic E-state index is 0.184. The predicted molar refractivity (Wildman–Crippen MR) is 88.1 cm³/mol. The summed E-state index contributed by atoms with van der Waals surface area (Å²) in [7, 11) is 0. The Hall–Kier alpha value is -2.72. The molecule has 1 aliphatic carbocycles. The van der Waals surface area contributed by atoms with Gasteiger partial charge in [-0.1, -0.05) is 30.3 Å². The molecule has 2 aromatic carbocycles. The zero-order valence-corrected chi connectivity index (χ0v) is 12.4. The molecule has 0 radical (unpaired) electrons. The van der Waals surface area contributed by atoms with Crippen molar-refractivity contribution in [3.05, 3.63) is 77.5 Å². The fraction of sp³-hybridized carbons (Fsp3) is 0.158. The zero-order chi connectivity index (χ0) is 15.8. The molecule has 0 spiro atoms. The van der Waals surface area contributed by atoms with Crippen molar-refractivity contribution in [2.24, 2.45) is 0 Å². The molecule has 3 aromatic rings. The number of carbonyl (C=O) groups excluding carboxylic acids is 1. The van der Waals surface area contributed by atoms with E-state index in [0.29, 0.717) is 12.0 Å². The lowest BCUT2D eigenvalue weighted by molar-refractivity contribution is 0.0858. The van der Waals surface area contributed by atoms with Gasteiger partial charge in [0.15, 0.2) is 0 Å². The molecule has 1 aliphatic rings. The molecule has 0 fully saturated rings. The first-order valence-electron chi connectivity index (χ1n) is 7.64. The van der Waals surface area contributed by atoms with Crippen molar-refractivity contribution in [2.75, 3.05) is 0 Å². The first kappa shape index (κ1) is 13.9. The van der Waals surface area contributed by atoms with Gasteiger partial charge in [-0.15, -0.1) is 0 Å². The second-order valence-corrected chi connectivity index (χ2v) is 5.83. The number of carbonyl (C=O) groups is 1. The van der Waals surface area contributed by atoms with Crippen LogP contribution in [0.25, 0.3) is 10.9 Å². The molecule has 4 nitrogen and oxygen atoms in total. The summed E-state index contributed by atoms with van der Waals surface area (Å²) in [6.07, 6.45) is 1.72. The Morgan fingerprint density at radius 3 is 2.91 bits per heavy atom. The molecular weight excluding hydrogens is 288 g/mol. The Labute approximate surface area is 133 Å². The van der Waals surface area contributed by atoms with Crippen molar-refractivity contribution in [1.29, 1.82) is 0 Å². The van der Waals surface area contributed by atoms with Crippen molar-refractivity contribution >= 4 is 16.8 Å². The number of hydrogen-bond acceptors (Lipinski definition) is 3. The summed E-state index contributed by atoms with van der Waals surface area (Å²) in [6, 6.07) is 16.7. The standard InChI is InChI=1S/C19H16N2O2/c22-17-11-12-4-1-2-6-15(12)18(17)21-19(23)14-7-8-16-13(10-14)5-3-9-20-16/h1-10,17-18,22H,11H2,(H,21,23)/t17-,18+/m1/s1. The van der Waals surface area contributed by atoms with Crippen LogP contribution >= 0.6 is 0 Å². The monoisotopic (exact) mass is 304 g/mol. The van der Waals surface area contributed by atoms with Crippen LogP contribution in [0.4, 0.5) is 0 Å². The molecule has 0 bridgehead atoms. The van der Waals surface area contributed by atoms with Gasteiger partial charge in [-0.2, -0.15) is 0 Å². The van der Waals surface area contributed by atoms with Crippen molar-refractivity contribution in [3.63, 3.8) is 0 Å². The Morgan fingerprint density at radius 2 is 2.00 bits per heavy atom. The average Bonchev–Trinajstić information content (AvgIpc) is 2.90. The van der Waals surface area contributed by atoms with Crippen LogP contribution in [-0.2, 0) is 6.42 Å². The fourth-order valence-electron chi connectivity index (χ4n) is 3.19. The highest BCUT2D eigenvalue weighted by molar-refractivity contribution is 5.98.